The van der Waals surface area contributed by atoms with E-state index in [1.807, 2.05) is 42.5 Å². The van der Waals surface area contributed by atoms with Crippen molar-refractivity contribution in [1.82, 2.24) is 15.1 Å². The summed E-state index contributed by atoms with van der Waals surface area (Å²) in [5, 5.41) is 7.87. The Morgan fingerprint density at radius 2 is 1.74 bits per heavy atom. The minimum atomic E-state index is -0.232. The van der Waals surface area contributed by atoms with Gasteiger partial charge in [0, 0.05) is 29.6 Å². The first-order valence-corrected chi connectivity index (χ1v) is 9.14. The molecule has 0 spiro atoms. The molecule has 0 saturated carbocycles. The third kappa shape index (κ3) is 5.53. The minimum absolute atomic E-state index is 0.100. The molecule has 2 aromatic carbocycles. The molecular formula is C21H20ClN3O2. The first-order chi connectivity index (χ1) is 13.1. The number of carbonyl (C=O) groups is 1. The molecule has 0 atom stereocenters. The number of hydrogen-bond acceptors (Lipinski definition) is 3. The van der Waals surface area contributed by atoms with E-state index >= 15 is 0 Å². The van der Waals surface area contributed by atoms with Crippen molar-refractivity contribution in [2.75, 3.05) is 6.54 Å². The van der Waals surface area contributed by atoms with Gasteiger partial charge in [0.15, 0.2) is 0 Å². The lowest BCUT2D eigenvalue weighted by Crippen LogP contribution is -2.29. The van der Waals surface area contributed by atoms with Crippen LogP contribution in [0.1, 0.15) is 12.0 Å². The average Bonchev–Trinajstić information content (AvgIpc) is 2.69. The molecule has 0 saturated heterocycles. The van der Waals surface area contributed by atoms with Gasteiger partial charge in [0.05, 0.1) is 12.2 Å². The first-order valence-electron chi connectivity index (χ1n) is 8.76. The fraction of sp³-hybridized carbons (Fsp3) is 0.190. The molecule has 1 heterocycles. The zero-order valence-corrected chi connectivity index (χ0v) is 15.5. The van der Waals surface area contributed by atoms with E-state index in [1.165, 1.54) is 16.3 Å². The number of amides is 1. The van der Waals surface area contributed by atoms with Gasteiger partial charge in [0.25, 0.3) is 5.56 Å². The van der Waals surface area contributed by atoms with Gasteiger partial charge in [0.1, 0.15) is 0 Å². The van der Waals surface area contributed by atoms with Crippen molar-refractivity contribution in [3.05, 3.63) is 87.7 Å². The van der Waals surface area contributed by atoms with E-state index in [0.717, 1.165) is 12.0 Å². The number of nitrogens with zero attached hydrogens (tertiary/aromatic N) is 2. The quantitative estimate of drug-likeness (QED) is 0.682. The van der Waals surface area contributed by atoms with Crippen molar-refractivity contribution in [3.63, 3.8) is 0 Å². The Morgan fingerprint density at radius 1 is 1.00 bits per heavy atom. The molecule has 0 bridgehead atoms. The first kappa shape index (κ1) is 18.9. The monoisotopic (exact) mass is 381 g/mol. The Labute approximate surface area is 162 Å². The fourth-order valence-electron chi connectivity index (χ4n) is 2.67. The number of rotatable bonds is 7. The zero-order valence-electron chi connectivity index (χ0n) is 14.8. The van der Waals surface area contributed by atoms with Crippen LogP contribution in [0.4, 0.5) is 0 Å². The average molecular weight is 382 g/mol. The highest BCUT2D eigenvalue weighted by atomic mass is 35.5. The van der Waals surface area contributed by atoms with Crippen LogP contribution in [0.5, 0.6) is 0 Å². The van der Waals surface area contributed by atoms with Crippen LogP contribution < -0.4 is 10.9 Å². The summed E-state index contributed by atoms with van der Waals surface area (Å²) < 4.78 is 1.32. The smallest absolute Gasteiger partial charge is 0.266 e. The van der Waals surface area contributed by atoms with Crippen LogP contribution in [-0.4, -0.2) is 22.2 Å². The highest BCUT2D eigenvalue weighted by molar-refractivity contribution is 6.30. The molecule has 1 amide bonds. The van der Waals surface area contributed by atoms with E-state index in [2.05, 4.69) is 10.4 Å². The molecule has 1 N–H and O–H groups in total. The summed E-state index contributed by atoms with van der Waals surface area (Å²) in [6.45, 7) is 0.799. The molecule has 1 aromatic heterocycles. The molecule has 138 valence electrons. The van der Waals surface area contributed by atoms with Crippen molar-refractivity contribution >= 4 is 17.5 Å². The molecule has 3 rings (SSSR count). The summed E-state index contributed by atoms with van der Waals surface area (Å²) in [6.07, 6.45) is 0.975. The summed E-state index contributed by atoms with van der Waals surface area (Å²) in [5.41, 5.74) is 2.47. The number of benzene rings is 2. The Bertz CT molecular complexity index is 953. The molecule has 5 nitrogen and oxygen atoms in total. The fourth-order valence-corrected chi connectivity index (χ4v) is 2.80. The second-order valence-corrected chi connectivity index (χ2v) is 6.56. The van der Waals surface area contributed by atoms with Crippen LogP contribution >= 0.6 is 11.6 Å². The SMILES string of the molecule is O=C(CCn1nc(-c2ccc(Cl)cc2)ccc1=O)NCCc1ccccc1. The maximum Gasteiger partial charge on any atom is 0.266 e. The van der Waals surface area contributed by atoms with Crippen molar-refractivity contribution < 1.29 is 4.79 Å². The van der Waals surface area contributed by atoms with Crippen LogP contribution in [-0.2, 0) is 17.8 Å². The minimum Gasteiger partial charge on any atom is -0.356 e. The van der Waals surface area contributed by atoms with E-state index in [1.54, 1.807) is 18.2 Å². The van der Waals surface area contributed by atoms with E-state index < -0.39 is 0 Å². The van der Waals surface area contributed by atoms with Crippen molar-refractivity contribution in [1.29, 1.82) is 0 Å². The maximum absolute atomic E-state index is 12.0. The Morgan fingerprint density at radius 3 is 2.48 bits per heavy atom. The van der Waals surface area contributed by atoms with Gasteiger partial charge in [-0.1, -0.05) is 54.1 Å². The van der Waals surface area contributed by atoms with Gasteiger partial charge in [-0.2, -0.15) is 5.10 Å². The molecule has 3 aromatic rings. The van der Waals surface area contributed by atoms with E-state index in [9.17, 15) is 9.59 Å². The van der Waals surface area contributed by atoms with Gasteiger partial charge in [-0.15, -0.1) is 0 Å². The van der Waals surface area contributed by atoms with E-state index in [0.29, 0.717) is 17.3 Å². The van der Waals surface area contributed by atoms with Gasteiger partial charge in [-0.3, -0.25) is 9.59 Å². The zero-order chi connectivity index (χ0) is 19.1. The van der Waals surface area contributed by atoms with Crippen molar-refractivity contribution in [3.8, 4) is 11.3 Å². The van der Waals surface area contributed by atoms with Crippen molar-refractivity contribution in [2.45, 2.75) is 19.4 Å². The third-order valence-corrected chi connectivity index (χ3v) is 4.39. The molecule has 0 radical (unpaired) electrons. The van der Waals surface area contributed by atoms with Crippen molar-refractivity contribution in [2.24, 2.45) is 0 Å². The van der Waals surface area contributed by atoms with Gasteiger partial charge >= 0.3 is 0 Å². The topological polar surface area (TPSA) is 64.0 Å². The maximum atomic E-state index is 12.0. The largest absolute Gasteiger partial charge is 0.356 e. The molecule has 0 aliphatic rings. The summed E-state index contributed by atoms with van der Waals surface area (Å²) in [5.74, 6) is -0.100. The predicted molar refractivity (Wildman–Crippen MR) is 107 cm³/mol. The lowest BCUT2D eigenvalue weighted by Gasteiger charge is -2.08. The number of carbonyl (C=O) groups excluding carboxylic acids is 1. The summed E-state index contributed by atoms with van der Waals surface area (Å²) in [4.78, 5) is 24.1. The summed E-state index contributed by atoms with van der Waals surface area (Å²) in [6, 6.07) is 20.3. The molecular weight excluding hydrogens is 362 g/mol. The van der Waals surface area contributed by atoms with Crippen LogP contribution in [0.3, 0.4) is 0 Å². The normalized spacial score (nSPS) is 10.6. The Kier molecular flexibility index (Phi) is 6.39. The van der Waals surface area contributed by atoms with Crippen LogP contribution in [0.2, 0.25) is 5.02 Å². The number of halogens is 1. The number of aryl methyl sites for hydroxylation is 1. The highest BCUT2D eigenvalue weighted by Crippen LogP contribution is 2.18. The highest BCUT2D eigenvalue weighted by Gasteiger charge is 2.06. The van der Waals surface area contributed by atoms with Gasteiger partial charge in [-0.25, -0.2) is 4.68 Å². The van der Waals surface area contributed by atoms with E-state index in [-0.39, 0.29) is 24.4 Å². The standard InChI is InChI=1S/C21H20ClN3O2/c22-18-8-6-17(7-9-18)19-10-11-21(27)25(24-19)15-13-20(26)23-14-12-16-4-2-1-3-5-16/h1-11H,12-15H2,(H,23,26). The molecule has 0 aliphatic carbocycles. The Hall–Kier alpha value is -2.92. The second-order valence-electron chi connectivity index (χ2n) is 6.12. The second kappa shape index (κ2) is 9.14. The molecule has 6 heteroatoms. The molecule has 0 unspecified atom stereocenters. The number of aromatic nitrogens is 2. The molecule has 0 fully saturated rings. The number of nitrogens with one attached hydrogen (secondary N) is 1. The van der Waals surface area contributed by atoms with Crippen LogP contribution in [0.25, 0.3) is 11.3 Å². The van der Waals surface area contributed by atoms with Crippen LogP contribution in [0.15, 0.2) is 71.5 Å². The summed E-state index contributed by atoms with van der Waals surface area (Å²) in [7, 11) is 0. The van der Waals surface area contributed by atoms with Gasteiger partial charge in [-0.05, 0) is 30.2 Å². The lowest BCUT2D eigenvalue weighted by atomic mass is 10.1. The third-order valence-electron chi connectivity index (χ3n) is 4.14. The number of hydrogen-bond donors (Lipinski definition) is 1. The van der Waals surface area contributed by atoms with Gasteiger partial charge in [0.2, 0.25) is 5.91 Å². The van der Waals surface area contributed by atoms with Gasteiger partial charge < -0.3 is 5.32 Å². The van der Waals surface area contributed by atoms with Crippen LogP contribution in [0, 0.1) is 0 Å². The summed E-state index contributed by atoms with van der Waals surface area (Å²) >= 11 is 5.90. The molecule has 0 aliphatic heterocycles. The Balaban J connectivity index is 1.55. The van der Waals surface area contributed by atoms with E-state index in [4.69, 9.17) is 11.6 Å². The predicted octanol–water partition coefficient (Wildman–Crippen LogP) is 3.31. The molecule has 27 heavy (non-hydrogen) atoms. The lowest BCUT2D eigenvalue weighted by molar-refractivity contribution is -0.121.